The van der Waals surface area contributed by atoms with Crippen LogP contribution in [0.15, 0.2) is 35.5 Å². The SMILES string of the molecule is CC(Nc1ccc2c(c1)c(C1=NCCOC1)c(O)n2C(C)C)c1ccnn1C. The monoisotopic (exact) mass is 381 g/mol. The van der Waals surface area contributed by atoms with Crippen LogP contribution in [0.25, 0.3) is 10.9 Å². The Bertz CT molecular complexity index is 1030. The minimum absolute atomic E-state index is 0.101. The number of aliphatic imine (C=N–C) groups is 1. The van der Waals surface area contributed by atoms with E-state index in [0.29, 0.717) is 19.8 Å². The third-order valence-electron chi connectivity index (χ3n) is 5.24. The molecule has 4 rings (SSSR count). The number of nitrogens with zero attached hydrogens (tertiary/aromatic N) is 4. The molecular formula is C21H27N5O2. The summed E-state index contributed by atoms with van der Waals surface area (Å²) in [5.74, 6) is 0.256. The molecule has 1 aromatic carbocycles. The first-order valence-electron chi connectivity index (χ1n) is 9.70. The summed E-state index contributed by atoms with van der Waals surface area (Å²) in [6.45, 7) is 7.92. The van der Waals surface area contributed by atoms with Crippen molar-refractivity contribution in [3.05, 3.63) is 41.7 Å². The van der Waals surface area contributed by atoms with Gasteiger partial charge in [-0.3, -0.25) is 9.67 Å². The number of aromatic nitrogens is 3. The predicted molar refractivity (Wildman–Crippen MR) is 111 cm³/mol. The molecule has 0 radical (unpaired) electrons. The van der Waals surface area contributed by atoms with E-state index in [9.17, 15) is 5.11 Å². The highest BCUT2D eigenvalue weighted by molar-refractivity contribution is 6.14. The number of fused-ring (bicyclic) bond motifs is 1. The molecule has 3 aromatic rings. The summed E-state index contributed by atoms with van der Waals surface area (Å²) in [6.07, 6.45) is 1.80. The maximum Gasteiger partial charge on any atom is 0.201 e. The molecule has 148 valence electrons. The van der Waals surface area contributed by atoms with Crippen molar-refractivity contribution in [1.29, 1.82) is 0 Å². The van der Waals surface area contributed by atoms with Gasteiger partial charge in [0.25, 0.3) is 0 Å². The van der Waals surface area contributed by atoms with E-state index in [1.54, 1.807) is 6.20 Å². The van der Waals surface area contributed by atoms with E-state index in [1.807, 2.05) is 22.4 Å². The predicted octanol–water partition coefficient (Wildman–Crippen LogP) is 3.65. The molecule has 1 unspecified atom stereocenters. The van der Waals surface area contributed by atoms with Crippen LogP contribution in [-0.2, 0) is 11.8 Å². The topological polar surface area (TPSA) is 76.6 Å². The van der Waals surface area contributed by atoms with Crippen LogP contribution in [0.1, 0.15) is 44.1 Å². The number of hydrogen-bond acceptors (Lipinski definition) is 5. The molecule has 0 amide bonds. The number of ether oxygens (including phenoxy) is 1. The van der Waals surface area contributed by atoms with Gasteiger partial charge in [0, 0.05) is 30.4 Å². The maximum absolute atomic E-state index is 11.0. The van der Waals surface area contributed by atoms with Gasteiger partial charge >= 0.3 is 0 Å². The molecule has 0 saturated heterocycles. The van der Waals surface area contributed by atoms with Crippen LogP contribution in [0.4, 0.5) is 5.69 Å². The van der Waals surface area contributed by atoms with Crippen molar-refractivity contribution in [3.8, 4) is 5.88 Å². The molecule has 28 heavy (non-hydrogen) atoms. The lowest BCUT2D eigenvalue weighted by Crippen LogP contribution is -2.19. The minimum atomic E-state index is 0.101. The average Bonchev–Trinajstić information content (AvgIpc) is 3.22. The van der Waals surface area contributed by atoms with Gasteiger partial charge in [0.1, 0.15) is 0 Å². The van der Waals surface area contributed by atoms with E-state index in [2.05, 4.69) is 54.4 Å². The number of hydrogen-bond donors (Lipinski definition) is 2. The molecule has 2 N–H and O–H groups in total. The summed E-state index contributed by atoms with van der Waals surface area (Å²) >= 11 is 0. The summed E-state index contributed by atoms with van der Waals surface area (Å²) in [4.78, 5) is 4.61. The maximum atomic E-state index is 11.0. The molecule has 1 aliphatic rings. The van der Waals surface area contributed by atoms with Gasteiger partial charge in [-0.05, 0) is 45.0 Å². The second-order valence-electron chi connectivity index (χ2n) is 7.52. The molecular weight excluding hydrogens is 354 g/mol. The Labute approximate surface area is 164 Å². The summed E-state index contributed by atoms with van der Waals surface area (Å²) in [5.41, 5.74) is 4.67. The van der Waals surface area contributed by atoms with Crippen molar-refractivity contribution in [1.82, 2.24) is 14.3 Å². The number of aromatic hydroxyl groups is 1. The van der Waals surface area contributed by atoms with Crippen molar-refractivity contribution >= 4 is 22.3 Å². The quantitative estimate of drug-likeness (QED) is 0.707. The van der Waals surface area contributed by atoms with Gasteiger partial charge < -0.3 is 19.7 Å². The normalized spacial score (nSPS) is 15.8. The van der Waals surface area contributed by atoms with Crippen LogP contribution in [-0.4, -0.2) is 44.9 Å². The highest BCUT2D eigenvalue weighted by atomic mass is 16.5. The summed E-state index contributed by atoms with van der Waals surface area (Å²) < 4.78 is 9.42. The lowest BCUT2D eigenvalue weighted by Gasteiger charge is -2.16. The Kier molecular flexibility index (Phi) is 4.85. The van der Waals surface area contributed by atoms with E-state index in [4.69, 9.17) is 4.74 Å². The van der Waals surface area contributed by atoms with E-state index in [1.165, 1.54) is 0 Å². The lowest BCUT2D eigenvalue weighted by atomic mass is 10.1. The standard InChI is InChI=1S/C21H27N5O2/c1-13(2)26-19-6-5-15(24-14(3)18-7-8-23-25(18)4)11-16(19)20(21(26)27)17-12-28-10-9-22-17/h5-8,11,13-14,24,27H,9-10,12H2,1-4H3. The Morgan fingerprint density at radius 1 is 1.21 bits per heavy atom. The van der Waals surface area contributed by atoms with Crippen molar-refractivity contribution < 1.29 is 9.84 Å². The van der Waals surface area contributed by atoms with Gasteiger partial charge in [-0.15, -0.1) is 0 Å². The molecule has 7 heteroatoms. The zero-order valence-electron chi connectivity index (χ0n) is 16.8. The summed E-state index contributed by atoms with van der Waals surface area (Å²) in [6, 6.07) is 8.44. The number of anilines is 1. The summed E-state index contributed by atoms with van der Waals surface area (Å²) in [7, 11) is 1.94. The van der Waals surface area contributed by atoms with Gasteiger partial charge in [0.2, 0.25) is 5.88 Å². The Morgan fingerprint density at radius 2 is 2.04 bits per heavy atom. The molecule has 0 bridgehead atoms. The Hall–Kier alpha value is -2.80. The highest BCUT2D eigenvalue weighted by Gasteiger charge is 2.24. The van der Waals surface area contributed by atoms with Crippen LogP contribution in [0.5, 0.6) is 5.88 Å². The molecule has 0 fully saturated rings. The van der Waals surface area contributed by atoms with Crippen LogP contribution in [0.3, 0.4) is 0 Å². The Balaban J connectivity index is 1.79. The third-order valence-corrected chi connectivity index (χ3v) is 5.24. The zero-order chi connectivity index (χ0) is 19.8. The van der Waals surface area contributed by atoms with Gasteiger partial charge in [-0.2, -0.15) is 5.10 Å². The fourth-order valence-corrected chi connectivity index (χ4v) is 3.94. The summed E-state index contributed by atoms with van der Waals surface area (Å²) in [5, 5.41) is 19.8. The first-order valence-corrected chi connectivity index (χ1v) is 9.70. The van der Waals surface area contributed by atoms with Crippen molar-refractivity contribution in [2.75, 3.05) is 25.1 Å². The average molecular weight is 381 g/mol. The van der Waals surface area contributed by atoms with Crippen LogP contribution >= 0.6 is 0 Å². The first-order chi connectivity index (χ1) is 13.5. The number of aryl methyl sites for hydroxylation is 1. The second kappa shape index (κ2) is 7.31. The minimum Gasteiger partial charge on any atom is -0.494 e. The smallest absolute Gasteiger partial charge is 0.201 e. The van der Waals surface area contributed by atoms with Gasteiger partial charge in [-0.25, -0.2) is 0 Å². The third kappa shape index (κ3) is 3.16. The zero-order valence-corrected chi connectivity index (χ0v) is 16.8. The van der Waals surface area contributed by atoms with Crippen LogP contribution in [0, 0.1) is 0 Å². The fraction of sp³-hybridized carbons (Fsp3) is 0.429. The molecule has 0 aliphatic carbocycles. The van der Waals surface area contributed by atoms with E-state index in [-0.39, 0.29) is 18.0 Å². The molecule has 7 nitrogen and oxygen atoms in total. The Morgan fingerprint density at radius 3 is 2.68 bits per heavy atom. The highest BCUT2D eigenvalue weighted by Crippen LogP contribution is 2.37. The molecule has 1 aliphatic heterocycles. The molecule has 0 spiro atoms. The van der Waals surface area contributed by atoms with Gasteiger partial charge in [0.05, 0.1) is 48.3 Å². The first kappa shape index (κ1) is 18.6. The lowest BCUT2D eigenvalue weighted by molar-refractivity contribution is 0.171. The number of benzene rings is 1. The van der Waals surface area contributed by atoms with Crippen molar-refractivity contribution in [2.24, 2.45) is 12.0 Å². The van der Waals surface area contributed by atoms with Crippen LogP contribution < -0.4 is 5.32 Å². The fourth-order valence-electron chi connectivity index (χ4n) is 3.94. The molecule has 2 aromatic heterocycles. The largest absolute Gasteiger partial charge is 0.494 e. The second-order valence-corrected chi connectivity index (χ2v) is 7.52. The van der Waals surface area contributed by atoms with Gasteiger partial charge in [-0.1, -0.05) is 0 Å². The van der Waals surface area contributed by atoms with Crippen molar-refractivity contribution in [3.63, 3.8) is 0 Å². The van der Waals surface area contributed by atoms with Crippen molar-refractivity contribution in [2.45, 2.75) is 32.9 Å². The molecule has 0 saturated carbocycles. The van der Waals surface area contributed by atoms with Crippen LogP contribution in [0.2, 0.25) is 0 Å². The van der Waals surface area contributed by atoms with E-state index >= 15 is 0 Å². The van der Waals surface area contributed by atoms with E-state index in [0.717, 1.165) is 33.6 Å². The molecule has 1 atom stereocenters. The van der Waals surface area contributed by atoms with Gasteiger partial charge in [0.15, 0.2) is 0 Å². The number of nitrogens with one attached hydrogen (secondary N) is 1. The van der Waals surface area contributed by atoms with E-state index < -0.39 is 0 Å². The molecule has 3 heterocycles. The number of rotatable bonds is 5.